The Balaban J connectivity index is 1.27. The minimum absolute atomic E-state index is 0.0526. The average molecular weight is 498 g/mol. The van der Waals surface area contributed by atoms with Gasteiger partial charge in [0.2, 0.25) is 5.91 Å². The van der Waals surface area contributed by atoms with Gasteiger partial charge in [-0.05, 0) is 40.8 Å². The summed E-state index contributed by atoms with van der Waals surface area (Å²) >= 11 is 1.37. The lowest BCUT2D eigenvalue weighted by atomic mass is 10.0. The molecule has 0 unspecified atom stereocenters. The lowest BCUT2D eigenvalue weighted by Gasteiger charge is -2.36. The maximum absolute atomic E-state index is 13.7. The Morgan fingerprint density at radius 1 is 1.03 bits per heavy atom. The number of benzene rings is 2. The molecule has 0 saturated carbocycles. The zero-order valence-electron chi connectivity index (χ0n) is 19.8. The Morgan fingerprint density at radius 2 is 1.81 bits per heavy atom. The Kier molecular flexibility index (Phi) is 7.12. The first-order chi connectivity index (χ1) is 17.6. The van der Waals surface area contributed by atoms with Crippen LogP contribution in [0.25, 0.3) is 10.9 Å². The van der Waals surface area contributed by atoms with E-state index in [0.29, 0.717) is 30.0 Å². The predicted octanol–water partition coefficient (Wildman–Crippen LogP) is 3.79. The summed E-state index contributed by atoms with van der Waals surface area (Å²) < 4.78 is 0. The van der Waals surface area contributed by atoms with Gasteiger partial charge < -0.3 is 15.2 Å². The summed E-state index contributed by atoms with van der Waals surface area (Å²) in [5.41, 5.74) is 3.82. The Bertz CT molecular complexity index is 1380. The van der Waals surface area contributed by atoms with Gasteiger partial charge in [-0.2, -0.15) is 5.26 Å². The van der Waals surface area contributed by atoms with Crippen molar-refractivity contribution in [3.05, 3.63) is 93.8 Å². The third-order valence-electron chi connectivity index (χ3n) is 6.62. The molecule has 36 heavy (non-hydrogen) atoms. The highest BCUT2D eigenvalue weighted by Crippen LogP contribution is 2.21. The van der Waals surface area contributed by atoms with Crippen LogP contribution in [0.3, 0.4) is 0 Å². The standard InChI is InChI=1S/C28H27N5O2S/c29-17-20-7-9-21(10-8-20)19-32-11-13-33(14-12-32)28(35)25(31-27(34)26-6-3-15-36-26)16-22-18-30-24-5-2-1-4-23(22)24/h1-10,15,18,25,30H,11-14,16,19H2,(H,31,34)/t25-/m1/s1. The van der Waals surface area contributed by atoms with Gasteiger partial charge >= 0.3 is 0 Å². The summed E-state index contributed by atoms with van der Waals surface area (Å²) in [6, 6.07) is 20.7. The highest BCUT2D eigenvalue weighted by Gasteiger charge is 2.30. The fraction of sp³-hybridized carbons (Fsp3) is 0.250. The molecule has 0 aliphatic carbocycles. The van der Waals surface area contributed by atoms with Crippen molar-refractivity contribution in [3.8, 4) is 6.07 Å². The highest BCUT2D eigenvalue weighted by atomic mass is 32.1. The normalized spacial score (nSPS) is 14.9. The van der Waals surface area contributed by atoms with Crippen LogP contribution in [0, 0.1) is 11.3 Å². The number of piperazine rings is 1. The molecule has 2 aromatic heterocycles. The number of amides is 2. The number of thiophene rings is 1. The summed E-state index contributed by atoms with van der Waals surface area (Å²) in [6.45, 7) is 3.50. The number of H-pyrrole nitrogens is 1. The van der Waals surface area contributed by atoms with Crippen LogP contribution in [-0.4, -0.2) is 58.8 Å². The number of carbonyl (C=O) groups is 2. The number of carbonyl (C=O) groups excluding carboxylic acids is 2. The van der Waals surface area contributed by atoms with E-state index in [9.17, 15) is 9.59 Å². The molecule has 1 atom stereocenters. The maximum atomic E-state index is 13.7. The minimum atomic E-state index is -0.649. The molecule has 182 valence electrons. The van der Waals surface area contributed by atoms with Crippen LogP contribution in [0.2, 0.25) is 0 Å². The van der Waals surface area contributed by atoms with Crippen molar-refractivity contribution in [2.45, 2.75) is 19.0 Å². The lowest BCUT2D eigenvalue weighted by Crippen LogP contribution is -2.55. The van der Waals surface area contributed by atoms with E-state index in [4.69, 9.17) is 5.26 Å². The molecule has 3 heterocycles. The van der Waals surface area contributed by atoms with Crippen LogP contribution in [-0.2, 0) is 17.8 Å². The number of para-hydroxylation sites is 1. The number of hydrogen-bond acceptors (Lipinski definition) is 5. The summed E-state index contributed by atoms with van der Waals surface area (Å²) in [5.74, 6) is -0.272. The Labute approximate surface area is 214 Å². The van der Waals surface area contributed by atoms with E-state index >= 15 is 0 Å². The van der Waals surface area contributed by atoms with Gasteiger partial charge in [-0.25, -0.2) is 0 Å². The van der Waals surface area contributed by atoms with Gasteiger partial charge in [0.05, 0.1) is 16.5 Å². The number of hydrogen-bond donors (Lipinski definition) is 2. The van der Waals surface area contributed by atoms with Crippen molar-refractivity contribution in [1.29, 1.82) is 5.26 Å². The van der Waals surface area contributed by atoms with E-state index in [-0.39, 0.29) is 11.8 Å². The first kappa shape index (κ1) is 23.8. The van der Waals surface area contributed by atoms with Gasteiger partial charge in [-0.15, -0.1) is 11.3 Å². The van der Waals surface area contributed by atoms with E-state index in [0.717, 1.165) is 41.7 Å². The molecule has 1 fully saturated rings. The smallest absolute Gasteiger partial charge is 0.262 e. The molecule has 8 heteroatoms. The fourth-order valence-electron chi connectivity index (χ4n) is 4.65. The van der Waals surface area contributed by atoms with Crippen LogP contribution in [0.1, 0.15) is 26.4 Å². The first-order valence-corrected chi connectivity index (χ1v) is 12.9. The minimum Gasteiger partial charge on any atom is -0.361 e. The van der Waals surface area contributed by atoms with Gasteiger partial charge in [0.1, 0.15) is 6.04 Å². The van der Waals surface area contributed by atoms with E-state index in [1.54, 1.807) is 6.07 Å². The van der Waals surface area contributed by atoms with Gasteiger partial charge in [0, 0.05) is 56.2 Å². The number of aromatic amines is 1. The van der Waals surface area contributed by atoms with Gasteiger partial charge in [-0.3, -0.25) is 14.5 Å². The molecule has 0 radical (unpaired) electrons. The van der Waals surface area contributed by atoms with E-state index in [1.807, 2.05) is 71.1 Å². The van der Waals surface area contributed by atoms with E-state index in [1.165, 1.54) is 11.3 Å². The van der Waals surface area contributed by atoms with Crippen LogP contribution in [0.15, 0.2) is 72.2 Å². The maximum Gasteiger partial charge on any atom is 0.262 e. The average Bonchev–Trinajstić information content (AvgIpc) is 3.60. The Morgan fingerprint density at radius 3 is 2.53 bits per heavy atom. The van der Waals surface area contributed by atoms with Gasteiger partial charge in [0.15, 0.2) is 0 Å². The molecule has 7 nitrogen and oxygen atoms in total. The van der Waals surface area contributed by atoms with Gasteiger partial charge in [-0.1, -0.05) is 36.4 Å². The highest BCUT2D eigenvalue weighted by molar-refractivity contribution is 7.12. The number of nitrogens with one attached hydrogen (secondary N) is 2. The molecule has 1 saturated heterocycles. The molecule has 2 aromatic carbocycles. The van der Waals surface area contributed by atoms with E-state index in [2.05, 4.69) is 21.3 Å². The molecule has 4 aromatic rings. The topological polar surface area (TPSA) is 92.2 Å². The van der Waals surface area contributed by atoms with Crippen LogP contribution < -0.4 is 5.32 Å². The quantitative estimate of drug-likeness (QED) is 0.406. The third kappa shape index (κ3) is 5.33. The number of aromatic nitrogens is 1. The number of fused-ring (bicyclic) bond motifs is 1. The SMILES string of the molecule is N#Cc1ccc(CN2CCN(C(=O)[C@@H](Cc3c[nH]c4ccccc34)NC(=O)c3cccs3)CC2)cc1. The second-order valence-corrected chi connectivity index (χ2v) is 9.92. The summed E-state index contributed by atoms with van der Waals surface area (Å²) in [4.78, 5) is 34.6. The largest absolute Gasteiger partial charge is 0.361 e. The fourth-order valence-corrected chi connectivity index (χ4v) is 5.27. The zero-order valence-corrected chi connectivity index (χ0v) is 20.6. The second-order valence-electron chi connectivity index (χ2n) is 8.98. The monoisotopic (exact) mass is 497 g/mol. The van der Waals surface area contributed by atoms with Crippen molar-refractivity contribution in [3.63, 3.8) is 0 Å². The van der Waals surface area contributed by atoms with Crippen molar-refractivity contribution in [2.24, 2.45) is 0 Å². The number of rotatable bonds is 7. The molecule has 0 spiro atoms. The molecular formula is C28H27N5O2S. The van der Waals surface area contributed by atoms with Crippen LogP contribution in [0.5, 0.6) is 0 Å². The molecule has 5 rings (SSSR count). The van der Waals surface area contributed by atoms with Crippen molar-refractivity contribution in [2.75, 3.05) is 26.2 Å². The molecule has 2 N–H and O–H groups in total. The predicted molar refractivity (Wildman–Crippen MR) is 141 cm³/mol. The molecule has 1 aliphatic heterocycles. The van der Waals surface area contributed by atoms with Crippen molar-refractivity contribution in [1.82, 2.24) is 20.1 Å². The Hall–Kier alpha value is -3.93. The van der Waals surface area contributed by atoms with Crippen molar-refractivity contribution < 1.29 is 9.59 Å². The molecule has 1 aliphatic rings. The van der Waals surface area contributed by atoms with Crippen molar-refractivity contribution >= 4 is 34.1 Å². The number of nitriles is 1. The zero-order chi connectivity index (χ0) is 24.9. The summed E-state index contributed by atoms with van der Waals surface area (Å²) in [5, 5.41) is 14.9. The van der Waals surface area contributed by atoms with Crippen LogP contribution in [0.4, 0.5) is 0 Å². The van der Waals surface area contributed by atoms with Crippen LogP contribution >= 0.6 is 11.3 Å². The summed E-state index contributed by atoms with van der Waals surface area (Å²) in [7, 11) is 0. The van der Waals surface area contributed by atoms with Gasteiger partial charge in [0.25, 0.3) is 5.91 Å². The first-order valence-electron chi connectivity index (χ1n) is 12.0. The molecular weight excluding hydrogens is 470 g/mol. The third-order valence-corrected chi connectivity index (χ3v) is 7.49. The second kappa shape index (κ2) is 10.8. The molecule has 0 bridgehead atoms. The molecule has 2 amide bonds. The summed E-state index contributed by atoms with van der Waals surface area (Å²) in [6.07, 6.45) is 2.35. The lowest BCUT2D eigenvalue weighted by molar-refractivity contribution is -0.135. The number of nitrogens with zero attached hydrogens (tertiary/aromatic N) is 3. The van der Waals surface area contributed by atoms with E-state index < -0.39 is 6.04 Å².